The molecule has 0 bridgehead atoms. The maximum atomic E-state index is 13.0. The Hall–Kier alpha value is -2.09. The largest absolute Gasteiger partial charge is 0.416 e. The summed E-state index contributed by atoms with van der Waals surface area (Å²) in [6.45, 7) is 2.52. The van der Waals surface area contributed by atoms with E-state index in [4.69, 9.17) is 0 Å². The lowest BCUT2D eigenvalue weighted by molar-refractivity contribution is -0.139. The predicted octanol–water partition coefficient (Wildman–Crippen LogP) is 2.89. The summed E-state index contributed by atoms with van der Waals surface area (Å²) >= 11 is 0. The number of halogens is 3. The predicted molar refractivity (Wildman–Crippen MR) is 93.6 cm³/mol. The molecule has 0 spiro atoms. The van der Waals surface area contributed by atoms with Crippen LogP contribution < -0.4 is 5.32 Å². The quantitative estimate of drug-likeness (QED) is 0.790. The van der Waals surface area contributed by atoms with E-state index in [1.54, 1.807) is 4.90 Å². The minimum absolute atomic E-state index is 0.00846. The van der Waals surface area contributed by atoms with Crippen molar-refractivity contribution in [2.45, 2.75) is 44.9 Å². The molecule has 0 aromatic heterocycles. The zero-order valence-electron chi connectivity index (χ0n) is 15.3. The molecule has 2 unspecified atom stereocenters. The second-order valence-corrected chi connectivity index (χ2v) is 6.77. The molecule has 0 saturated carbocycles. The third-order valence-electron chi connectivity index (χ3n) is 4.70. The highest BCUT2D eigenvalue weighted by Crippen LogP contribution is 2.34. The van der Waals surface area contributed by atoms with Gasteiger partial charge in [-0.05, 0) is 30.9 Å². The van der Waals surface area contributed by atoms with Crippen molar-refractivity contribution in [3.8, 4) is 0 Å². The zero-order chi connectivity index (χ0) is 20.0. The van der Waals surface area contributed by atoms with Crippen LogP contribution in [0.4, 0.5) is 13.2 Å². The van der Waals surface area contributed by atoms with Crippen molar-refractivity contribution in [3.05, 3.63) is 35.4 Å². The number of piperidine rings is 1. The van der Waals surface area contributed by atoms with Crippen molar-refractivity contribution in [3.63, 3.8) is 0 Å². The number of amides is 2. The Balaban J connectivity index is 1.95. The number of nitrogens with zero attached hydrogens (tertiary/aromatic N) is 1. The summed E-state index contributed by atoms with van der Waals surface area (Å²) in [4.78, 5) is 26.0. The van der Waals surface area contributed by atoms with E-state index in [1.807, 2.05) is 6.92 Å². The number of carbonyl (C=O) groups excluding carboxylic acids is 2. The average molecular weight is 386 g/mol. The van der Waals surface area contributed by atoms with E-state index >= 15 is 0 Å². The number of aliphatic hydroxyl groups excluding tert-OH is 1. The second kappa shape index (κ2) is 9.21. The molecule has 1 aliphatic rings. The van der Waals surface area contributed by atoms with E-state index in [1.165, 1.54) is 18.2 Å². The van der Waals surface area contributed by atoms with Gasteiger partial charge in [0.05, 0.1) is 17.6 Å². The highest BCUT2D eigenvalue weighted by atomic mass is 19.4. The number of hydrogen-bond donors (Lipinski definition) is 2. The van der Waals surface area contributed by atoms with Crippen molar-refractivity contribution in [2.24, 2.45) is 5.92 Å². The smallest absolute Gasteiger partial charge is 0.387 e. The molecule has 2 N–H and O–H groups in total. The first-order chi connectivity index (χ1) is 12.7. The van der Waals surface area contributed by atoms with E-state index in [-0.39, 0.29) is 23.9 Å². The first-order valence-electron chi connectivity index (χ1n) is 9.13. The van der Waals surface area contributed by atoms with Crippen LogP contribution in [0.15, 0.2) is 24.3 Å². The Bertz CT molecular complexity index is 664. The molecule has 0 radical (unpaired) electrons. The Morgan fingerprint density at radius 2 is 2.04 bits per heavy atom. The van der Waals surface area contributed by atoms with Gasteiger partial charge in [-0.1, -0.05) is 25.1 Å². The van der Waals surface area contributed by atoms with Crippen LogP contribution in [0.3, 0.4) is 0 Å². The van der Waals surface area contributed by atoms with Crippen molar-refractivity contribution in [2.75, 3.05) is 19.6 Å². The SMILES string of the molecule is CCCC(=O)N1CCCC(C(=O)NCC(O)c2ccccc2C(F)(F)F)C1. The summed E-state index contributed by atoms with van der Waals surface area (Å²) in [5.74, 6) is -0.758. The van der Waals surface area contributed by atoms with E-state index in [0.717, 1.165) is 12.5 Å². The fourth-order valence-electron chi connectivity index (χ4n) is 3.29. The van der Waals surface area contributed by atoms with Crippen LogP contribution in [0, 0.1) is 5.92 Å². The Labute approximate surface area is 156 Å². The molecule has 1 heterocycles. The van der Waals surface area contributed by atoms with Crippen molar-refractivity contribution in [1.82, 2.24) is 10.2 Å². The van der Waals surface area contributed by atoms with Crippen molar-refractivity contribution >= 4 is 11.8 Å². The highest BCUT2D eigenvalue weighted by Gasteiger charge is 2.35. The second-order valence-electron chi connectivity index (χ2n) is 6.77. The van der Waals surface area contributed by atoms with Gasteiger partial charge in [-0.25, -0.2) is 0 Å². The van der Waals surface area contributed by atoms with E-state index in [2.05, 4.69) is 5.32 Å². The highest BCUT2D eigenvalue weighted by molar-refractivity contribution is 5.81. The summed E-state index contributed by atoms with van der Waals surface area (Å²) in [6, 6.07) is 4.76. The summed E-state index contributed by atoms with van der Waals surface area (Å²) in [6.07, 6.45) is -3.57. The van der Waals surface area contributed by atoms with Gasteiger partial charge in [-0.15, -0.1) is 0 Å². The number of rotatable bonds is 6. The molecule has 8 heteroatoms. The molecule has 2 atom stereocenters. The van der Waals surface area contributed by atoms with Crippen molar-refractivity contribution < 1.29 is 27.9 Å². The topological polar surface area (TPSA) is 69.6 Å². The summed E-state index contributed by atoms with van der Waals surface area (Å²) < 4.78 is 39.1. The maximum Gasteiger partial charge on any atom is 0.416 e. The lowest BCUT2D eigenvalue weighted by Gasteiger charge is -2.32. The van der Waals surface area contributed by atoms with Crippen LogP contribution in [0.1, 0.15) is 49.8 Å². The minimum Gasteiger partial charge on any atom is -0.387 e. The molecule has 1 aromatic carbocycles. The molecule has 150 valence electrons. The fourth-order valence-corrected chi connectivity index (χ4v) is 3.29. The van der Waals surface area contributed by atoms with Gasteiger partial charge in [0.15, 0.2) is 0 Å². The Morgan fingerprint density at radius 1 is 1.33 bits per heavy atom. The van der Waals surface area contributed by atoms with E-state index in [0.29, 0.717) is 32.4 Å². The molecule has 1 saturated heterocycles. The van der Waals surface area contributed by atoms with Gasteiger partial charge in [0, 0.05) is 26.1 Å². The first kappa shape index (κ1) is 21.2. The molecule has 1 aromatic rings. The number of hydrogen-bond acceptors (Lipinski definition) is 3. The molecule has 2 rings (SSSR count). The Morgan fingerprint density at radius 3 is 2.70 bits per heavy atom. The number of carbonyl (C=O) groups is 2. The van der Waals surface area contributed by atoms with Crippen LogP contribution in [0.25, 0.3) is 0 Å². The van der Waals surface area contributed by atoms with E-state index in [9.17, 15) is 27.9 Å². The summed E-state index contributed by atoms with van der Waals surface area (Å²) in [5, 5.41) is 12.7. The maximum absolute atomic E-state index is 13.0. The number of aliphatic hydroxyl groups is 1. The number of benzene rings is 1. The van der Waals surface area contributed by atoms with Gasteiger partial charge in [0.2, 0.25) is 11.8 Å². The Kier molecular flexibility index (Phi) is 7.24. The fraction of sp³-hybridized carbons (Fsp3) is 0.579. The monoisotopic (exact) mass is 386 g/mol. The van der Waals surface area contributed by atoms with Gasteiger partial charge in [-0.2, -0.15) is 13.2 Å². The minimum atomic E-state index is -4.58. The van der Waals surface area contributed by atoms with Crippen LogP contribution in [0.2, 0.25) is 0 Å². The molecular weight excluding hydrogens is 361 g/mol. The summed E-state index contributed by atoms with van der Waals surface area (Å²) in [5.41, 5.74) is -1.19. The number of alkyl halides is 3. The first-order valence-corrected chi connectivity index (χ1v) is 9.13. The van der Waals surface area contributed by atoms with Crippen LogP contribution in [0.5, 0.6) is 0 Å². The average Bonchev–Trinajstić information content (AvgIpc) is 2.65. The molecule has 27 heavy (non-hydrogen) atoms. The molecule has 0 aliphatic carbocycles. The van der Waals surface area contributed by atoms with Gasteiger partial charge in [0.25, 0.3) is 0 Å². The van der Waals surface area contributed by atoms with Gasteiger partial charge in [0.1, 0.15) is 0 Å². The third-order valence-corrected chi connectivity index (χ3v) is 4.70. The molecular formula is C19H25F3N2O3. The van der Waals surface area contributed by atoms with Gasteiger partial charge >= 0.3 is 6.18 Å². The molecule has 2 amide bonds. The van der Waals surface area contributed by atoms with Crippen LogP contribution >= 0.6 is 0 Å². The van der Waals surface area contributed by atoms with Gasteiger partial charge in [-0.3, -0.25) is 9.59 Å². The van der Waals surface area contributed by atoms with Crippen LogP contribution in [-0.4, -0.2) is 41.5 Å². The lowest BCUT2D eigenvalue weighted by atomic mass is 9.96. The molecule has 1 aliphatic heterocycles. The third kappa shape index (κ3) is 5.69. The normalized spacial score (nSPS) is 18.9. The molecule has 5 nitrogen and oxygen atoms in total. The standard InChI is InChI=1S/C19H25F3N2O3/c1-2-6-17(26)24-10-5-7-13(12-24)18(27)23-11-16(25)14-8-3-4-9-15(14)19(20,21)22/h3-4,8-9,13,16,25H,2,5-7,10-12H2,1H3,(H,23,27). The van der Waals surface area contributed by atoms with E-state index < -0.39 is 23.8 Å². The number of nitrogens with one attached hydrogen (secondary N) is 1. The van der Waals surface area contributed by atoms with Crippen LogP contribution in [-0.2, 0) is 15.8 Å². The number of likely N-dealkylation sites (tertiary alicyclic amines) is 1. The van der Waals surface area contributed by atoms with Crippen molar-refractivity contribution in [1.29, 1.82) is 0 Å². The zero-order valence-corrected chi connectivity index (χ0v) is 15.3. The molecule has 1 fully saturated rings. The summed E-state index contributed by atoms with van der Waals surface area (Å²) in [7, 11) is 0. The lowest BCUT2D eigenvalue weighted by Crippen LogP contribution is -2.46. The van der Waals surface area contributed by atoms with Gasteiger partial charge < -0.3 is 15.3 Å².